The normalized spacial score (nSPS) is 11.0. The zero-order valence-corrected chi connectivity index (χ0v) is 17.4. The SMILES string of the molecule is COc1cncc(-c2ccc3nc(Nc4cccc(-c5ccn(C)n5)c4)sc3c2)c1. The lowest BCUT2D eigenvalue weighted by Gasteiger charge is -2.04. The molecular weight excluding hydrogens is 394 g/mol. The smallest absolute Gasteiger partial charge is 0.188 e. The summed E-state index contributed by atoms with van der Waals surface area (Å²) in [6.45, 7) is 0. The van der Waals surface area contributed by atoms with E-state index in [9.17, 15) is 0 Å². The Labute approximate surface area is 177 Å². The van der Waals surface area contributed by atoms with E-state index in [-0.39, 0.29) is 0 Å². The van der Waals surface area contributed by atoms with Crippen molar-refractivity contribution in [3.05, 3.63) is 73.2 Å². The Balaban J connectivity index is 1.43. The molecule has 0 aliphatic carbocycles. The third-order valence-electron chi connectivity index (χ3n) is 4.79. The molecule has 6 nitrogen and oxygen atoms in total. The van der Waals surface area contributed by atoms with Gasteiger partial charge in [0.2, 0.25) is 0 Å². The molecule has 0 fully saturated rings. The molecule has 148 valence electrons. The van der Waals surface area contributed by atoms with Crippen LogP contribution in [-0.4, -0.2) is 26.9 Å². The van der Waals surface area contributed by atoms with Gasteiger partial charge in [-0.25, -0.2) is 4.98 Å². The van der Waals surface area contributed by atoms with Crippen molar-refractivity contribution >= 4 is 32.4 Å². The second kappa shape index (κ2) is 7.61. The van der Waals surface area contributed by atoms with E-state index in [1.807, 2.05) is 49.8 Å². The van der Waals surface area contributed by atoms with Gasteiger partial charge in [-0.05, 0) is 42.0 Å². The summed E-state index contributed by atoms with van der Waals surface area (Å²) in [5.41, 5.74) is 6.05. The summed E-state index contributed by atoms with van der Waals surface area (Å²) >= 11 is 1.62. The Morgan fingerprint density at radius 2 is 1.90 bits per heavy atom. The Morgan fingerprint density at radius 1 is 0.967 bits per heavy atom. The number of benzene rings is 2. The number of fused-ring (bicyclic) bond motifs is 1. The van der Waals surface area contributed by atoms with E-state index in [0.717, 1.165) is 49.2 Å². The number of aromatic nitrogens is 4. The molecule has 0 amide bonds. The Bertz CT molecular complexity index is 1340. The fraction of sp³-hybridized carbons (Fsp3) is 0.0870. The summed E-state index contributed by atoms with van der Waals surface area (Å²) in [6.07, 6.45) is 5.49. The molecule has 0 atom stereocenters. The highest BCUT2D eigenvalue weighted by molar-refractivity contribution is 7.22. The van der Waals surface area contributed by atoms with E-state index in [4.69, 9.17) is 9.72 Å². The van der Waals surface area contributed by atoms with Crippen molar-refractivity contribution in [3.8, 4) is 28.1 Å². The van der Waals surface area contributed by atoms with E-state index in [1.165, 1.54) is 0 Å². The van der Waals surface area contributed by atoms with E-state index < -0.39 is 0 Å². The van der Waals surface area contributed by atoms with Crippen molar-refractivity contribution < 1.29 is 4.74 Å². The molecule has 0 aliphatic heterocycles. The minimum absolute atomic E-state index is 0.743. The van der Waals surface area contributed by atoms with Gasteiger partial charge in [0.25, 0.3) is 0 Å². The number of ether oxygens (including phenoxy) is 1. The van der Waals surface area contributed by atoms with Crippen LogP contribution in [-0.2, 0) is 7.05 Å². The molecule has 3 aromatic heterocycles. The monoisotopic (exact) mass is 413 g/mol. The van der Waals surface area contributed by atoms with Crippen LogP contribution >= 0.6 is 11.3 Å². The first-order valence-electron chi connectivity index (χ1n) is 9.45. The highest BCUT2D eigenvalue weighted by Crippen LogP contribution is 2.33. The van der Waals surface area contributed by atoms with Gasteiger partial charge in [0.1, 0.15) is 5.75 Å². The topological polar surface area (TPSA) is 64.9 Å². The van der Waals surface area contributed by atoms with E-state index >= 15 is 0 Å². The molecule has 0 bridgehead atoms. The number of nitrogens with one attached hydrogen (secondary N) is 1. The number of methoxy groups -OCH3 is 1. The third-order valence-corrected chi connectivity index (χ3v) is 5.73. The van der Waals surface area contributed by atoms with Crippen molar-refractivity contribution in [1.29, 1.82) is 0 Å². The number of nitrogens with zero attached hydrogens (tertiary/aromatic N) is 4. The van der Waals surface area contributed by atoms with E-state index in [2.05, 4.69) is 39.7 Å². The summed E-state index contributed by atoms with van der Waals surface area (Å²) in [5, 5.41) is 8.76. The van der Waals surface area contributed by atoms with Crippen LogP contribution in [0.3, 0.4) is 0 Å². The maximum Gasteiger partial charge on any atom is 0.188 e. The molecule has 7 heteroatoms. The van der Waals surface area contributed by atoms with Crippen molar-refractivity contribution in [2.45, 2.75) is 0 Å². The van der Waals surface area contributed by atoms with Gasteiger partial charge in [-0.15, -0.1) is 0 Å². The lowest BCUT2D eigenvalue weighted by molar-refractivity contribution is 0.413. The van der Waals surface area contributed by atoms with E-state index in [1.54, 1.807) is 29.3 Å². The molecule has 0 saturated carbocycles. The maximum atomic E-state index is 5.29. The maximum absolute atomic E-state index is 5.29. The van der Waals surface area contributed by atoms with Gasteiger partial charge in [-0.3, -0.25) is 9.67 Å². The number of anilines is 2. The van der Waals surface area contributed by atoms with Crippen LogP contribution in [0.5, 0.6) is 5.75 Å². The molecule has 5 aromatic rings. The molecule has 1 N–H and O–H groups in total. The number of aryl methyl sites for hydroxylation is 1. The molecule has 0 radical (unpaired) electrons. The first kappa shape index (κ1) is 18.3. The number of thiazole rings is 1. The molecule has 2 aromatic carbocycles. The molecule has 5 rings (SSSR count). The minimum atomic E-state index is 0.743. The summed E-state index contributed by atoms with van der Waals surface area (Å²) in [7, 11) is 3.57. The Kier molecular flexibility index (Phi) is 4.65. The number of pyridine rings is 1. The quantitative estimate of drug-likeness (QED) is 0.411. The van der Waals surface area contributed by atoms with Gasteiger partial charge in [-0.2, -0.15) is 5.10 Å². The number of hydrogen-bond donors (Lipinski definition) is 1. The Morgan fingerprint density at radius 3 is 2.73 bits per heavy atom. The van der Waals surface area contributed by atoms with Crippen molar-refractivity contribution in [1.82, 2.24) is 19.7 Å². The lowest BCUT2D eigenvalue weighted by Crippen LogP contribution is -1.91. The van der Waals surface area contributed by atoms with Gasteiger partial charge < -0.3 is 10.1 Å². The summed E-state index contributed by atoms with van der Waals surface area (Å²) in [6, 6.07) is 18.4. The summed E-state index contributed by atoms with van der Waals surface area (Å²) in [4.78, 5) is 8.98. The fourth-order valence-electron chi connectivity index (χ4n) is 3.29. The van der Waals surface area contributed by atoms with Crippen LogP contribution in [0.2, 0.25) is 0 Å². The average Bonchev–Trinajstić information content (AvgIpc) is 3.39. The third kappa shape index (κ3) is 3.62. The molecule has 30 heavy (non-hydrogen) atoms. The minimum Gasteiger partial charge on any atom is -0.495 e. The fourth-order valence-corrected chi connectivity index (χ4v) is 4.22. The van der Waals surface area contributed by atoms with Gasteiger partial charge in [0.05, 0.1) is 29.2 Å². The first-order valence-corrected chi connectivity index (χ1v) is 10.3. The molecule has 0 saturated heterocycles. The lowest BCUT2D eigenvalue weighted by atomic mass is 10.1. The van der Waals surface area contributed by atoms with Gasteiger partial charge in [0.15, 0.2) is 5.13 Å². The van der Waals surface area contributed by atoms with E-state index in [0.29, 0.717) is 0 Å². The molecule has 0 unspecified atom stereocenters. The second-order valence-corrected chi connectivity index (χ2v) is 7.93. The van der Waals surface area contributed by atoms with Crippen LogP contribution in [0.1, 0.15) is 0 Å². The molecule has 0 spiro atoms. The van der Waals surface area contributed by atoms with Crippen LogP contribution in [0.4, 0.5) is 10.8 Å². The standard InChI is InChI=1S/C23H19N5OS/c1-28-9-8-20(27-28)16-4-3-5-18(10-16)25-23-26-21-7-6-15(12-22(21)30-23)17-11-19(29-2)14-24-13-17/h3-14H,1-2H3,(H,25,26). The molecule has 0 aliphatic rings. The molecule has 3 heterocycles. The predicted molar refractivity (Wildman–Crippen MR) is 121 cm³/mol. The van der Waals surface area contributed by atoms with Crippen molar-refractivity contribution in [2.24, 2.45) is 7.05 Å². The second-order valence-electron chi connectivity index (χ2n) is 6.90. The van der Waals surface area contributed by atoms with Gasteiger partial charge in [-0.1, -0.05) is 29.5 Å². The zero-order chi connectivity index (χ0) is 20.5. The van der Waals surface area contributed by atoms with Crippen LogP contribution in [0.25, 0.3) is 32.6 Å². The largest absolute Gasteiger partial charge is 0.495 e. The molecular formula is C23H19N5OS. The van der Waals surface area contributed by atoms with Crippen LogP contribution in [0, 0.1) is 0 Å². The summed E-state index contributed by atoms with van der Waals surface area (Å²) in [5.74, 6) is 0.743. The summed E-state index contributed by atoms with van der Waals surface area (Å²) < 4.78 is 8.20. The Hall–Kier alpha value is -3.71. The number of rotatable bonds is 5. The average molecular weight is 414 g/mol. The van der Waals surface area contributed by atoms with Gasteiger partial charge >= 0.3 is 0 Å². The predicted octanol–water partition coefficient (Wildman–Crippen LogP) is 5.51. The first-order chi connectivity index (χ1) is 14.7. The zero-order valence-electron chi connectivity index (χ0n) is 16.5. The highest BCUT2D eigenvalue weighted by Gasteiger charge is 2.08. The van der Waals surface area contributed by atoms with Crippen LogP contribution in [0.15, 0.2) is 73.2 Å². The van der Waals surface area contributed by atoms with Crippen molar-refractivity contribution in [2.75, 3.05) is 12.4 Å². The highest BCUT2D eigenvalue weighted by atomic mass is 32.1. The number of hydrogen-bond acceptors (Lipinski definition) is 6. The van der Waals surface area contributed by atoms with Gasteiger partial charge in [0, 0.05) is 36.3 Å². The van der Waals surface area contributed by atoms with Crippen molar-refractivity contribution in [3.63, 3.8) is 0 Å². The van der Waals surface area contributed by atoms with Crippen LogP contribution < -0.4 is 10.1 Å².